The first kappa shape index (κ1) is 26.1. The average Bonchev–Trinajstić information content (AvgIpc) is 3.10. The van der Waals surface area contributed by atoms with Crippen molar-refractivity contribution < 1.29 is 37.4 Å². The minimum Gasteiger partial charge on any atom is -0.481 e. The lowest BCUT2D eigenvalue weighted by Gasteiger charge is -2.21. The lowest BCUT2D eigenvalue weighted by Crippen LogP contribution is -2.47. The zero-order valence-electron chi connectivity index (χ0n) is 19.1. The van der Waals surface area contributed by atoms with Crippen molar-refractivity contribution in [3.63, 3.8) is 0 Å². The van der Waals surface area contributed by atoms with E-state index in [0.717, 1.165) is 22.3 Å². The second-order valence-electron chi connectivity index (χ2n) is 8.61. The maximum atomic E-state index is 12.9. The van der Waals surface area contributed by atoms with Crippen LogP contribution in [0, 0.1) is 5.92 Å². The molecule has 2 aromatic rings. The summed E-state index contributed by atoms with van der Waals surface area (Å²) in [6, 6.07) is 13.4. The molecule has 3 N–H and O–H groups in total. The molecule has 0 heterocycles. The van der Waals surface area contributed by atoms with Crippen molar-refractivity contribution in [3.05, 3.63) is 59.7 Å². The largest absolute Gasteiger partial charge is 0.481 e. The number of rotatable bonds is 10. The van der Waals surface area contributed by atoms with E-state index in [1.54, 1.807) is 12.2 Å². The van der Waals surface area contributed by atoms with Crippen LogP contribution in [0.25, 0.3) is 11.1 Å². The number of benzene rings is 2. The molecule has 1 aliphatic carbocycles. The number of hydrogen-bond donors (Lipinski definition) is 3. The number of carboxylic acids is 1. The van der Waals surface area contributed by atoms with E-state index in [1.165, 1.54) is 0 Å². The zero-order valence-corrected chi connectivity index (χ0v) is 19.1. The number of aliphatic carboxylic acids is 1. The number of carbonyl (C=O) groups excluding carboxylic acids is 2. The van der Waals surface area contributed by atoms with E-state index in [9.17, 15) is 27.6 Å². The number of alkyl halides is 3. The Morgan fingerprint density at radius 2 is 1.57 bits per heavy atom. The summed E-state index contributed by atoms with van der Waals surface area (Å²) in [4.78, 5) is 34.7. The van der Waals surface area contributed by atoms with Crippen LogP contribution < -0.4 is 10.6 Å². The molecular formula is C25H27F3N2O5. The molecule has 0 bridgehead atoms. The number of ether oxygens (including phenoxy) is 1. The van der Waals surface area contributed by atoms with Gasteiger partial charge in [0.2, 0.25) is 5.91 Å². The van der Waals surface area contributed by atoms with Gasteiger partial charge in [-0.15, -0.1) is 0 Å². The molecule has 0 aliphatic heterocycles. The number of nitrogens with one attached hydrogen (secondary N) is 2. The Kier molecular flexibility index (Phi) is 8.37. The van der Waals surface area contributed by atoms with E-state index < -0.39 is 36.6 Å². The fourth-order valence-electron chi connectivity index (χ4n) is 4.17. The van der Waals surface area contributed by atoms with Gasteiger partial charge in [0.1, 0.15) is 12.6 Å². The van der Waals surface area contributed by atoms with Gasteiger partial charge in [-0.3, -0.25) is 9.59 Å². The van der Waals surface area contributed by atoms with Gasteiger partial charge in [0.15, 0.2) is 0 Å². The van der Waals surface area contributed by atoms with Crippen LogP contribution in [0.4, 0.5) is 18.0 Å². The summed E-state index contributed by atoms with van der Waals surface area (Å²) in [6.07, 6.45) is -6.64. The second-order valence-corrected chi connectivity index (χ2v) is 8.61. The molecule has 0 saturated heterocycles. The first-order chi connectivity index (χ1) is 16.6. The van der Waals surface area contributed by atoms with E-state index in [-0.39, 0.29) is 31.4 Å². The number of hydrogen-bond acceptors (Lipinski definition) is 4. The smallest absolute Gasteiger partial charge is 0.409 e. The lowest BCUT2D eigenvalue weighted by atomic mass is 9.98. The maximum Gasteiger partial charge on any atom is 0.409 e. The van der Waals surface area contributed by atoms with Crippen LogP contribution in [-0.4, -0.2) is 48.4 Å². The molecule has 10 heteroatoms. The number of carboxylic acid groups (broad SMARTS) is 1. The number of halogens is 3. The third kappa shape index (κ3) is 6.97. The van der Waals surface area contributed by atoms with Gasteiger partial charge in [0, 0.05) is 18.9 Å². The summed E-state index contributed by atoms with van der Waals surface area (Å²) in [7, 11) is 0. The van der Waals surface area contributed by atoms with E-state index in [2.05, 4.69) is 5.32 Å². The van der Waals surface area contributed by atoms with Crippen LogP contribution in [-0.2, 0) is 14.3 Å². The average molecular weight is 492 g/mol. The fraction of sp³-hybridized carbons (Fsp3) is 0.400. The molecule has 7 nitrogen and oxygen atoms in total. The minimum absolute atomic E-state index is 0.0804. The third-order valence-electron chi connectivity index (χ3n) is 5.89. The van der Waals surface area contributed by atoms with Gasteiger partial charge in [-0.1, -0.05) is 55.5 Å². The summed E-state index contributed by atoms with van der Waals surface area (Å²) >= 11 is 0. The van der Waals surface area contributed by atoms with Crippen LogP contribution >= 0.6 is 0 Å². The SMILES string of the molecule is CC(CCNC(=O)OCC1c2ccccc2-c2ccccc21)CC(=O)NC(CC(=O)O)C(F)(F)F. The highest BCUT2D eigenvalue weighted by atomic mass is 19.4. The van der Waals surface area contributed by atoms with Crippen molar-refractivity contribution in [1.29, 1.82) is 0 Å². The van der Waals surface area contributed by atoms with Gasteiger partial charge in [-0.05, 0) is 34.6 Å². The highest BCUT2D eigenvalue weighted by molar-refractivity contribution is 5.79. The normalized spacial score (nSPS) is 14.4. The first-order valence-electron chi connectivity index (χ1n) is 11.2. The molecule has 35 heavy (non-hydrogen) atoms. The summed E-state index contributed by atoms with van der Waals surface area (Å²) in [6.45, 7) is 1.97. The van der Waals surface area contributed by atoms with Crippen molar-refractivity contribution in [2.45, 2.75) is 44.3 Å². The highest BCUT2D eigenvalue weighted by Crippen LogP contribution is 2.44. The van der Waals surface area contributed by atoms with Gasteiger partial charge in [-0.2, -0.15) is 13.2 Å². The van der Waals surface area contributed by atoms with Crippen molar-refractivity contribution in [3.8, 4) is 11.1 Å². The zero-order chi connectivity index (χ0) is 25.6. The molecule has 0 fully saturated rings. The van der Waals surface area contributed by atoms with E-state index in [4.69, 9.17) is 9.84 Å². The van der Waals surface area contributed by atoms with Crippen molar-refractivity contribution >= 4 is 18.0 Å². The van der Waals surface area contributed by atoms with Crippen molar-refractivity contribution in [2.75, 3.05) is 13.2 Å². The first-order valence-corrected chi connectivity index (χ1v) is 11.2. The monoisotopic (exact) mass is 492 g/mol. The Labute approximate surface area is 200 Å². The molecule has 188 valence electrons. The Balaban J connectivity index is 1.42. The molecule has 2 amide bonds. The van der Waals surface area contributed by atoms with Crippen LogP contribution in [0.15, 0.2) is 48.5 Å². The quantitative estimate of drug-likeness (QED) is 0.454. The lowest BCUT2D eigenvalue weighted by molar-refractivity contribution is -0.170. The van der Waals surface area contributed by atoms with Gasteiger partial charge >= 0.3 is 18.2 Å². The number of amides is 2. The topological polar surface area (TPSA) is 105 Å². The summed E-state index contributed by atoms with van der Waals surface area (Å²) in [5.74, 6) is -2.99. The summed E-state index contributed by atoms with van der Waals surface area (Å²) < 4.78 is 44.1. The van der Waals surface area contributed by atoms with Gasteiger partial charge in [0.05, 0.1) is 6.42 Å². The number of carbonyl (C=O) groups is 3. The Hall–Kier alpha value is -3.56. The van der Waals surface area contributed by atoms with Crippen molar-refractivity contribution in [1.82, 2.24) is 10.6 Å². The molecular weight excluding hydrogens is 465 g/mol. The molecule has 3 rings (SSSR count). The molecule has 0 radical (unpaired) electrons. The number of alkyl carbamates (subject to hydrolysis) is 1. The van der Waals surface area contributed by atoms with Crippen LogP contribution in [0.3, 0.4) is 0 Å². The molecule has 2 aromatic carbocycles. The molecule has 2 unspecified atom stereocenters. The van der Waals surface area contributed by atoms with Crippen molar-refractivity contribution in [2.24, 2.45) is 5.92 Å². The van der Waals surface area contributed by atoms with Crippen LogP contribution in [0.1, 0.15) is 43.2 Å². The van der Waals surface area contributed by atoms with E-state index in [0.29, 0.717) is 6.42 Å². The maximum absolute atomic E-state index is 12.9. The Morgan fingerprint density at radius 3 is 2.11 bits per heavy atom. The molecule has 1 aliphatic rings. The third-order valence-corrected chi connectivity index (χ3v) is 5.89. The predicted octanol–water partition coefficient (Wildman–Crippen LogP) is 4.46. The summed E-state index contributed by atoms with van der Waals surface area (Å²) in [5, 5.41) is 12.9. The second kappa shape index (κ2) is 11.2. The predicted molar refractivity (Wildman–Crippen MR) is 122 cm³/mol. The van der Waals surface area contributed by atoms with Gasteiger partial charge in [0.25, 0.3) is 0 Å². The summed E-state index contributed by atoms with van der Waals surface area (Å²) in [5.41, 5.74) is 4.39. The molecule has 0 saturated carbocycles. The fourth-order valence-corrected chi connectivity index (χ4v) is 4.17. The Bertz CT molecular complexity index is 1030. The minimum atomic E-state index is -4.86. The highest BCUT2D eigenvalue weighted by Gasteiger charge is 2.42. The van der Waals surface area contributed by atoms with Crippen LogP contribution in [0.5, 0.6) is 0 Å². The number of fused-ring (bicyclic) bond motifs is 3. The van der Waals surface area contributed by atoms with Gasteiger partial charge in [-0.25, -0.2) is 4.79 Å². The van der Waals surface area contributed by atoms with Crippen LogP contribution in [0.2, 0.25) is 0 Å². The Morgan fingerprint density at radius 1 is 1.00 bits per heavy atom. The van der Waals surface area contributed by atoms with E-state index >= 15 is 0 Å². The van der Waals surface area contributed by atoms with Gasteiger partial charge < -0.3 is 20.5 Å². The molecule has 0 aromatic heterocycles. The molecule has 2 atom stereocenters. The molecule has 0 spiro atoms. The van der Waals surface area contributed by atoms with E-state index in [1.807, 2.05) is 48.5 Å². The standard InChI is InChI=1S/C25H27F3N2O5/c1-15(12-22(31)30-21(13-23(32)33)25(26,27)28)10-11-29-24(34)35-14-20-18-8-4-2-6-16(18)17-7-3-5-9-19(17)20/h2-9,15,20-21H,10-14H2,1H3,(H,29,34)(H,30,31)(H,32,33).